The Morgan fingerprint density at radius 1 is 0.970 bits per heavy atom. The molecule has 9 heteroatoms. The molecule has 0 fully saturated rings. The number of imidazole rings is 1. The summed E-state index contributed by atoms with van der Waals surface area (Å²) in [5.74, 6) is 1.95. The van der Waals surface area contributed by atoms with Gasteiger partial charge in [-0.15, -0.1) is 0 Å². The van der Waals surface area contributed by atoms with Crippen molar-refractivity contribution in [1.29, 1.82) is 0 Å². The second-order valence-corrected chi connectivity index (χ2v) is 8.11. The van der Waals surface area contributed by atoms with E-state index in [1.54, 1.807) is 62.2 Å². The molecule has 0 amide bonds. The molecule has 0 unspecified atom stereocenters. The smallest absolute Gasteiger partial charge is 0.333 e. The molecular weight excluding hydrogens is 444 g/mol. The van der Waals surface area contributed by atoms with E-state index in [4.69, 9.17) is 21.1 Å². The summed E-state index contributed by atoms with van der Waals surface area (Å²) in [6, 6.07) is 12.5. The van der Waals surface area contributed by atoms with E-state index >= 15 is 0 Å². The molecular formula is C24H25ClN4O4. The van der Waals surface area contributed by atoms with Crippen LogP contribution in [0.15, 0.2) is 52.1 Å². The maximum absolute atomic E-state index is 13.6. The van der Waals surface area contributed by atoms with Crippen molar-refractivity contribution in [2.45, 2.75) is 26.4 Å². The molecule has 2 aromatic heterocycles. The highest BCUT2D eigenvalue weighted by Gasteiger charge is 2.21. The molecule has 2 heterocycles. The summed E-state index contributed by atoms with van der Waals surface area (Å²) in [6.07, 6.45) is 0.627. The molecule has 8 nitrogen and oxygen atoms in total. The maximum atomic E-state index is 13.6. The van der Waals surface area contributed by atoms with Gasteiger partial charge >= 0.3 is 5.69 Å². The Bertz CT molecular complexity index is 1430. The van der Waals surface area contributed by atoms with Crippen molar-refractivity contribution in [3.05, 3.63) is 85.3 Å². The topological polar surface area (TPSA) is 80.3 Å². The first-order valence-electron chi connectivity index (χ1n) is 10.5. The molecule has 0 N–H and O–H groups in total. The highest BCUT2D eigenvalue weighted by molar-refractivity contribution is 6.30. The Kier molecular flexibility index (Phi) is 6.29. The van der Waals surface area contributed by atoms with E-state index in [1.165, 1.54) is 9.13 Å². The van der Waals surface area contributed by atoms with Crippen molar-refractivity contribution >= 4 is 22.8 Å². The summed E-state index contributed by atoms with van der Waals surface area (Å²) < 4.78 is 15.3. The number of hydrogen-bond acceptors (Lipinski definition) is 5. The number of benzene rings is 2. The highest BCUT2D eigenvalue weighted by atomic mass is 35.5. The van der Waals surface area contributed by atoms with Crippen molar-refractivity contribution in [3.8, 4) is 11.5 Å². The fraction of sp³-hybridized carbons (Fsp3) is 0.292. The quantitative estimate of drug-likeness (QED) is 0.416. The Labute approximate surface area is 195 Å². The molecule has 0 radical (unpaired) electrons. The minimum absolute atomic E-state index is 0.122. The SMILES string of the molecule is CCc1nc2c(c(=O)n(Cc3ccc(Cl)cc3)c(=O)n2Cc2ccc(OC)cc2OC)n1C. The van der Waals surface area contributed by atoms with Gasteiger partial charge in [0.25, 0.3) is 5.56 Å². The lowest BCUT2D eigenvalue weighted by molar-refractivity contribution is 0.390. The number of rotatable bonds is 7. The number of aryl methyl sites for hydroxylation is 2. The Hall–Kier alpha value is -3.52. The van der Waals surface area contributed by atoms with Crippen molar-refractivity contribution in [2.75, 3.05) is 14.2 Å². The first-order chi connectivity index (χ1) is 15.9. The minimum atomic E-state index is -0.443. The van der Waals surface area contributed by atoms with E-state index in [1.807, 2.05) is 13.0 Å². The van der Waals surface area contributed by atoms with Crippen molar-refractivity contribution in [2.24, 2.45) is 7.05 Å². The van der Waals surface area contributed by atoms with Crippen LogP contribution >= 0.6 is 11.6 Å². The average molecular weight is 469 g/mol. The third kappa shape index (κ3) is 4.14. The van der Waals surface area contributed by atoms with Crippen LogP contribution in [0.25, 0.3) is 11.2 Å². The number of nitrogens with zero attached hydrogens (tertiary/aromatic N) is 4. The van der Waals surface area contributed by atoms with Crippen molar-refractivity contribution in [3.63, 3.8) is 0 Å². The van der Waals surface area contributed by atoms with Crippen LogP contribution in [0.3, 0.4) is 0 Å². The van der Waals surface area contributed by atoms with Crippen LogP contribution in [0.4, 0.5) is 0 Å². The van der Waals surface area contributed by atoms with E-state index < -0.39 is 5.69 Å². The van der Waals surface area contributed by atoms with Gasteiger partial charge in [-0.1, -0.05) is 30.7 Å². The number of hydrogen-bond donors (Lipinski definition) is 0. The number of methoxy groups -OCH3 is 2. The molecule has 4 aromatic rings. The zero-order valence-corrected chi connectivity index (χ0v) is 19.7. The molecule has 4 rings (SSSR count). The van der Waals surface area contributed by atoms with Crippen LogP contribution in [-0.4, -0.2) is 32.9 Å². The number of fused-ring (bicyclic) bond motifs is 1. The molecule has 0 aliphatic rings. The molecule has 172 valence electrons. The third-order valence-corrected chi connectivity index (χ3v) is 5.98. The van der Waals surface area contributed by atoms with E-state index in [2.05, 4.69) is 4.98 Å². The zero-order chi connectivity index (χ0) is 23.7. The molecule has 2 aromatic carbocycles. The number of aromatic nitrogens is 4. The first-order valence-corrected chi connectivity index (χ1v) is 10.9. The van der Waals surface area contributed by atoms with Crippen molar-refractivity contribution < 1.29 is 9.47 Å². The van der Waals surface area contributed by atoms with Gasteiger partial charge in [-0.2, -0.15) is 0 Å². The van der Waals surface area contributed by atoms with Gasteiger partial charge in [-0.25, -0.2) is 9.78 Å². The van der Waals surface area contributed by atoms with Crippen LogP contribution in [0, 0.1) is 0 Å². The van der Waals surface area contributed by atoms with Crippen LogP contribution in [0.5, 0.6) is 11.5 Å². The van der Waals surface area contributed by atoms with Gasteiger partial charge in [0.1, 0.15) is 17.3 Å². The first kappa shape index (κ1) is 22.7. The molecule has 0 bridgehead atoms. The van der Waals surface area contributed by atoms with E-state index in [0.29, 0.717) is 34.1 Å². The molecule has 33 heavy (non-hydrogen) atoms. The Balaban J connectivity index is 1.94. The van der Waals surface area contributed by atoms with Gasteiger partial charge in [0.15, 0.2) is 11.2 Å². The van der Waals surface area contributed by atoms with Gasteiger partial charge in [0, 0.05) is 30.1 Å². The van der Waals surface area contributed by atoms with Crippen molar-refractivity contribution in [1.82, 2.24) is 18.7 Å². The predicted molar refractivity (Wildman–Crippen MR) is 128 cm³/mol. The van der Waals surface area contributed by atoms with Gasteiger partial charge < -0.3 is 14.0 Å². The molecule has 0 atom stereocenters. The molecule has 0 spiro atoms. The summed E-state index contributed by atoms with van der Waals surface area (Å²) in [4.78, 5) is 31.6. The normalized spacial score (nSPS) is 11.2. The van der Waals surface area contributed by atoms with E-state index in [9.17, 15) is 9.59 Å². The van der Waals surface area contributed by atoms with Gasteiger partial charge in [-0.05, 0) is 29.8 Å². The monoisotopic (exact) mass is 468 g/mol. The minimum Gasteiger partial charge on any atom is -0.497 e. The summed E-state index contributed by atoms with van der Waals surface area (Å²) in [7, 11) is 4.94. The number of ether oxygens (including phenoxy) is 2. The molecule has 0 aliphatic carbocycles. The lowest BCUT2D eigenvalue weighted by Crippen LogP contribution is -2.41. The zero-order valence-electron chi connectivity index (χ0n) is 19.0. The second-order valence-electron chi connectivity index (χ2n) is 7.68. The van der Waals surface area contributed by atoms with E-state index in [0.717, 1.165) is 17.0 Å². The summed E-state index contributed by atoms with van der Waals surface area (Å²) in [5, 5.41) is 0.588. The summed E-state index contributed by atoms with van der Waals surface area (Å²) >= 11 is 5.99. The fourth-order valence-corrected chi connectivity index (χ4v) is 4.06. The fourth-order valence-electron chi connectivity index (χ4n) is 3.93. The average Bonchev–Trinajstić information content (AvgIpc) is 3.16. The van der Waals surface area contributed by atoms with Crippen LogP contribution in [0.1, 0.15) is 23.9 Å². The maximum Gasteiger partial charge on any atom is 0.333 e. The lowest BCUT2D eigenvalue weighted by Gasteiger charge is -2.15. The Morgan fingerprint density at radius 2 is 1.70 bits per heavy atom. The largest absolute Gasteiger partial charge is 0.497 e. The van der Waals surface area contributed by atoms with Gasteiger partial charge in [-0.3, -0.25) is 13.9 Å². The Morgan fingerprint density at radius 3 is 2.33 bits per heavy atom. The molecule has 0 saturated carbocycles. The third-order valence-electron chi connectivity index (χ3n) is 5.73. The molecule has 0 aliphatic heterocycles. The van der Waals surface area contributed by atoms with Crippen LogP contribution in [0.2, 0.25) is 5.02 Å². The standard InChI is InChI=1S/C24H25ClN4O4/c1-5-20-26-22-21(27(20)2)23(30)29(13-15-6-9-17(25)10-7-15)24(31)28(22)14-16-8-11-18(32-3)12-19(16)33-4/h6-12H,5,13-14H2,1-4H3. The van der Waals surface area contributed by atoms with Crippen LogP contribution < -0.4 is 20.7 Å². The number of halogens is 1. The predicted octanol–water partition coefficient (Wildman–Crippen LogP) is 3.23. The highest BCUT2D eigenvalue weighted by Crippen LogP contribution is 2.25. The lowest BCUT2D eigenvalue weighted by atomic mass is 10.2. The summed E-state index contributed by atoms with van der Waals surface area (Å²) in [6.45, 7) is 2.27. The van der Waals surface area contributed by atoms with Gasteiger partial charge in [0.2, 0.25) is 0 Å². The second kappa shape index (κ2) is 9.15. The van der Waals surface area contributed by atoms with E-state index in [-0.39, 0.29) is 18.6 Å². The van der Waals surface area contributed by atoms with Crippen LogP contribution in [-0.2, 0) is 26.6 Å². The summed E-state index contributed by atoms with van der Waals surface area (Å²) in [5.41, 5.74) is 1.48. The molecule has 0 saturated heterocycles. The van der Waals surface area contributed by atoms with Gasteiger partial charge in [0.05, 0.1) is 27.3 Å².